The van der Waals surface area contributed by atoms with Gasteiger partial charge in [-0.3, -0.25) is 9.66 Å². The molecular weight excluding hydrogens is 374 g/mol. The molecule has 1 aliphatic heterocycles. The fourth-order valence-corrected chi connectivity index (χ4v) is 4.24. The van der Waals surface area contributed by atoms with E-state index in [-0.39, 0.29) is 12.1 Å². The Morgan fingerprint density at radius 1 is 1.21 bits per heavy atom. The summed E-state index contributed by atoms with van der Waals surface area (Å²) in [7, 11) is 1.70. The van der Waals surface area contributed by atoms with Crippen LogP contribution >= 0.6 is 12.2 Å². The Labute approximate surface area is 169 Å². The third-order valence-electron chi connectivity index (χ3n) is 5.12. The molecule has 1 aliphatic rings. The normalized spacial score (nSPS) is 19.2. The number of aromatic nitrogens is 5. The molecule has 0 unspecified atom stereocenters. The fraction of sp³-hybridized carbons (Fsp3) is 0.368. The Hall–Kier alpha value is -2.78. The van der Waals surface area contributed by atoms with Gasteiger partial charge in [0.05, 0.1) is 24.4 Å². The summed E-state index contributed by atoms with van der Waals surface area (Å²) in [5, 5.41) is 12.1. The summed E-state index contributed by atoms with van der Waals surface area (Å²) in [5.41, 5.74) is 4.35. The van der Waals surface area contributed by atoms with E-state index in [0.717, 1.165) is 17.1 Å². The van der Waals surface area contributed by atoms with E-state index >= 15 is 0 Å². The van der Waals surface area contributed by atoms with Gasteiger partial charge in [-0.25, -0.2) is 4.68 Å². The van der Waals surface area contributed by atoms with Crippen LogP contribution in [0.3, 0.4) is 0 Å². The van der Waals surface area contributed by atoms with Crippen molar-refractivity contribution in [1.82, 2.24) is 34.8 Å². The number of pyridine rings is 1. The number of hydrogen-bond donors (Lipinski definition) is 1. The first kappa shape index (κ1) is 18.6. The molecule has 0 spiro atoms. The highest BCUT2D eigenvalue weighted by Gasteiger charge is 2.41. The number of thiocarbonyl (C=S) groups is 1. The van der Waals surface area contributed by atoms with Crippen molar-refractivity contribution in [3.05, 3.63) is 65.8 Å². The minimum Gasteiger partial charge on any atom is -0.383 e. The second-order valence-electron chi connectivity index (χ2n) is 6.79. The summed E-state index contributed by atoms with van der Waals surface area (Å²) in [6, 6.07) is 8.13. The molecule has 8 nitrogen and oxygen atoms in total. The van der Waals surface area contributed by atoms with Gasteiger partial charge in [-0.15, -0.1) is 10.2 Å². The highest BCUT2D eigenvalue weighted by atomic mass is 32.1. The van der Waals surface area contributed by atoms with Crippen molar-refractivity contribution in [2.45, 2.75) is 25.9 Å². The molecule has 2 atom stereocenters. The number of aryl methyl sites for hydroxylation is 1. The molecule has 4 heterocycles. The predicted molar refractivity (Wildman–Crippen MR) is 109 cm³/mol. The van der Waals surface area contributed by atoms with E-state index in [1.54, 1.807) is 19.8 Å². The van der Waals surface area contributed by atoms with Gasteiger partial charge in [0, 0.05) is 36.8 Å². The van der Waals surface area contributed by atoms with E-state index in [0.29, 0.717) is 18.3 Å². The van der Waals surface area contributed by atoms with E-state index in [9.17, 15) is 0 Å². The molecule has 3 aromatic heterocycles. The van der Waals surface area contributed by atoms with E-state index < -0.39 is 0 Å². The standard InChI is InChI=1S/C19H23N7OS/c1-13-10-15(14(2)26(13)24-11-21-22-12-24)18-17(16-6-4-5-7-20-16)23-19(28)25(18)8-9-27-3/h4-7,10-12,17-18H,8-9H2,1-3H3,(H,23,28)/t17-,18+/m0/s1. The topological polar surface area (TPSA) is 73.0 Å². The van der Waals surface area contributed by atoms with Gasteiger partial charge in [0.1, 0.15) is 12.7 Å². The quantitative estimate of drug-likeness (QED) is 0.638. The average Bonchev–Trinajstić information content (AvgIpc) is 3.39. The van der Waals surface area contributed by atoms with Crippen LogP contribution in [0.15, 0.2) is 43.1 Å². The van der Waals surface area contributed by atoms with Crippen LogP contribution in [0.5, 0.6) is 0 Å². The van der Waals surface area contributed by atoms with Gasteiger partial charge in [0.25, 0.3) is 0 Å². The summed E-state index contributed by atoms with van der Waals surface area (Å²) in [5.74, 6) is 0. The monoisotopic (exact) mass is 397 g/mol. The fourth-order valence-electron chi connectivity index (χ4n) is 3.91. The molecule has 0 aromatic carbocycles. The van der Waals surface area contributed by atoms with Crippen LogP contribution in [0.4, 0.5) is 0 Å². The van der Waals surface area contributed by atoms with Crippen LogP contribution in [0.1, 0.15) is 34.7 Å². The van der Waals surface area contributed by atoms with Crippen molar-refractivity contribution < 1.29 is 4.74 Å². The maximum absolute atomic E-state index is 5.67. The van der Waals surface area contributed by atoms with Gasteiger partial charge >= 0.3 is 0 Å². The molecule has 0 saturated carbocycles. The second kappa shape index (κ2) is 7.69. The van der Waals surface area contributed by atoms with Crippen LogP contribution < -0.4 is 5.32 Å². The number of nitrogens with zero attached hydrogens (tertiary/aromatic N) is 6. The van der Waals surface area contributed by atoms with Crippen molar-refractivity contribution >= 4 is 17.3 Å². The summed E-state index contributed by atoms with van der Waals surface area (Å²) < 4.78 is 9.30. The minimum absolute atomic E-state index is 0.00832. The Morgan fingerprint density at radius 2 is 2.00 bits per heavy atom. The van der Waals surface area contributed by atoms with Gasteiger partial charge in [0.2, 0.25) is 0 Å². The molecule has 0 bridgehead atoms. The number of hydrogen-bond acceptors (Lipinski definition) is 5. The molecule has 0 radical (unpaired) electrons. The lowest BCUT2D eigenvalue weighted by Crippen LogP contribution is -2.32. The van der Waals surface area contributed by atoms with Crippen molar-refractivity contribution in [3.63, 3.8) is 0 Å². The highest BCUT2D eigenvalue weighted by Crippen LogP contribution is 2.40. The lowest BCUT2D eigenvalue weighted by molar-refractivity contribution is 0.164. The Bertz CT molecular complexity index is 954. The summed E-state index contributed by atoms with van der Waals surface area (Å²) in [6.45, 7) is 5.48. The zero-order chi connectivity index (χ0) is 19.7. The Kier molecular flexibility index (Phi) is 5.10. The van der Waals surface area contributed by atoms with Gasteiger partial charge in [-0.2, -0.15) is 0 Å². The van der Waals surface area contributed by atoms with E-state index in [1.807, 2.05) is 29.1 Å². The van der Waals surface area contributed by atoms with Crippen LogP contribution in [0, 0.1) is 13.8 Å². The number of rotatable bonds is 6. The largest absolute Gasteiger partial charge is 0.383 e. The van der Waals surface area contributed by atoms with Crippen molar-refractivity contribution in [2.75, 3.05) is 20.3 Å². The zero-order valence-corrected chi connectivity index (χ0v) is 16.9. The van der Waals surface area contributed by atoms with Crippen LogP contribution in [-0.2, 0) is 4.74 Å². The van der Waals surface area contributed by atoms with Gasteiger partial charge in [-0.05, 0) is 44.3 Å². The second-order valence-corrected chi connectivity index (χ2v) is 7.18. The summed E-state index contributed by atoms with van der Waals surface area (Å²) in [6.07, 6.45) is 5.20. The molecular formula is C19H23N7OS. The number of ether oxygens (including phenoxy) is 1. The van der Waals surface area contributed by atoms with E-state index in [4.69, 9.17) is 17.0 Å². The smallest absolute Gasteiger partial charge is 0.170 e. The number of nitrogens with one attached hydrogen (secondary N) is 1. The van der Waals surface area contributed by atoms with E-state index in [2.05, 4.69) is 50.0 Å². The molecule has 9 heteroatoms. The molecule has 1 saturated heterocycles. The first-order valence-electron chi connectivity index (χ1n) is 9.13. The minimum atomic E-state index is -0.0413. The van der Waals surface area contributed by atoms with Gasteiger partial charge in [-0.1, -0.05) is 6.07 Å². The third kappa shape index (κ3) is 3.16. The van der Waals surface area contributed by atoms with Gasteiger partial charge < -0.3 is 15.0 Å². The molecule has 28 heavy (non-hydrogen) atoms. The highest BCUT2D eigenvalue weighted by molar-refractivity contribution is 7.80. The molecule has 3 aromatic rings. The van der Waals surface area contributed by atoms with Crippen molar-refractivity contribution in [1.29, 1.82) is 0 Å². The first-order valence-corrected chi connectivity index (χ1v) is 9.53. The Morgan fingerprint density at radius 3 is 2.68 bits per heavy atom. The Balaban J connectivity index is 1.81. The summed E-state index contributed by atoms with van der Waals surface area (Å²) in [4.78, 5) is 6.77. The summed E-state index contributed by atoms with van der Waals surface area (Å²) >= 11 is 5.67. The van der Waals surface area contributed by atoms with Crippen LogP contribution in [0.2, 0.25) is 0 Å². The first-order chi connectivity index (χ1) is 13.6. The molecule has 4 rings (SSSR count). The average molecular weight is 398 g/mol. The van der Waals surface area contributed by atoms with Gasteiger partial charge in [0.15, 0.2) is 5.11 Å². The van der Waals surface area contributed by atoms with Crippen LogP contribution in [-0.4, -0.2) is 54.8 Å². The lowest BCUT2D eigenvalue weighted by Gasteiger charge is -2.27. The number of methoxy groups -OCH3 is 1. The molecule has 1 fully saturated rings. The third-order valence-corrected chi connectivity index (χ3v) is 5.48. The molecule has 146 valence electrons. The maximum atomic E-state index is 5.67. The predicted octanol–water partition coefficient (Wildman–Crippen LogP) is 2.02. The van der Waals surface area contributed by atoms with Crippen molar-refractivity contribution in [3.8, 4) is 0 Å². The molecule has 0 amide bonds. The van der Waals surface area contributed by atoms with Crippen molar-refractivity contribution in [2.24, 2.45) is 0 Å². The SMILES string of the molecule is COCCN1C(=S)N[C@@H](c2ccccn2)[C@H]1c1cc(C)n(-n2cnnc2)c1C. The maximum Gasteiger partial charge on any atom is 0.170 e. The van der Waals surface area contributed by atoms with E-state index in [1.165, 1.54) is 5.56 Å². The van der Waals surface area contributed by atoms with Crippen LogP contribution in [0.25, 0.3) is 0 Å². The zero-order valence-electron chi connectivity index (χ0n) is 16.1. The lowest BCUT2D eigenvalue weighted by atomic mass is 9.97. The molecule has 0 aliphatic carbocycles. The molecule has 1 N–H and O–H groups in total.